The van der Waals surface area contributed by atoms with Crippen LogP contribution in [-0.4, -0.2) is 38.1 Å². The Hall–Kier alpha value is -2.25. The van der Waals surface area contributed by atoms with Crippen LogP contribution in [0.25, 0.3) is 22.6 Å². The van der Waals surface area contributed by atoms with Crippen LogP contribution in [0.15, 0.2) is 41.0 Å². The molecule has 3 heterocycles. The summed E-state index contributed by atoms with van der Waals surface area (Å²) in [5, 5.41) is 13.1. The smallest absolute Gasteiger partial charge is 0.257 e. The Labute approximate surface area is 136 Å². The zero-order valence-electron chi connectivity index (χ0n) is 12.2. The summed E-state index contributed by atoms with van der Waals surface area (Å²) in [4.78, 5) is 19.9. The maximum Gasteiger partial charge on any atom is 0.257 e. The number of carbonyl (C=O) groups excluding carboxylic acids is 1. The second kappa shape index (κ2) is 5.43. The number of rotatable bonds is 3. The van der Waals surface area contributed by atoms with E-state index in [0.717, 1.165) is 16.8 Å². The molecule has 1 aromatic carbocycles. The van der Waals surface area contributed by atoms with Crippen LogP contribution in [0.3, 0.4) is 0 Å². The Morgan fingerprint density at radius 2 is 2.35 bits per heavy atom. The standard InChI is InChI=1S/C16H15N3O3S/c20-15(16(21)5-7-23-9-16)17-10-3-4-11-12(8-10)19-14(18-11)13-2-1-6-22-13/h1-4,6,8,21H,5,7,9H2,(H,17,20)(H,18,19). The Balaban J connectivity index is 1.60. The van der Waals surface area contributed by atoms with Gasteiger partial charge < -0.3 is 19.8 Å². The number of H-pyrrole nitrogens is 1. The van der Waals surface area contributed by atoms with Crippen molar-refractivity contribution in [1.29, 1.82) is 0 Å². The van der Waals surface area contributed by atoms with Crippen LogP contribution in [0.4, 0.5) is 5.69 Å². The first-order valence-electron chi connectivity index (χ1n) is 7.29. The molecule has 1 fully saturated rings. The molecule has 6 nitrogen and oxygen atoms in total. The van der Waals surface area contributed by atoms with Gasteiger partial charge in [0.05, 0.1) is 17.3 Å². The van der Waals surface area contributed by atoms with Gasteiger partial charge in [0, 0.05) is 11.4 Å². The molecule has 1 aliphatic rings. The number of hydrogen-bond donors (Lipinski definition) is 3. The van der Waals surface area contributed by atoms with Crippen molar-refractivity contribution >= 4 is 34.4 Å². The van der Waals surface area contributed by atoms with Gasteiger partial charge in [0.15, 0.2) is 17.2 Å². The number of nitrogens with zero attached hydrogens (tertiary/aromatic N) is 1. The van der Waals surface area contributed by atoms with Gasteiger partial charge in [0.2, 0.25) is 0 Å². The third-order valence-electron chi connectivity index (χ3n) is 3.92. The number of aromatic nitrogens is 2. The van der Waals surface area contributed by atoms with Gasteiger partial charge in [0.25, 0.3) is 5.91 Å². The number of amides is 1. The summed E-state index contributed by atoms with van der Waals surface area (Å²) in [5.41, 5.74) is 0.932. The molecular formula is C16H15N3O3S. The summed E-state index contributed by atoms with van der Waals surface area (Å²) in [5.74, 6) is 2.18. The quantitative estimate of drug-likeness (QED) is 0.687. The van der Waals surface area contributed by atoms with E-state index in [9.17, 15) is 9.90 Å². The Morgan fingerprint density at radius 3 is 3.09 bits per heavy atom. The van der Waals surface area contributed by atoms with Gasteiger partial charge in [-0.05, 0) is 42.5 Å². The van der Waals surface area contributed by atoms with Gasteiger partial charge in [-0.2, -0.15) is 11.8 Å². The van der Waals surface area contributed by atoms with Crippen molar-refractivity contribution in [3.63, 3.8) is 0 Å². The molecule has 1 unspecified atom stereocenters. The lowest BCUT2D eigenvalue weighted by atomic mass is 10.0. The summed E-state index contributed by atoms with van der Waals surface area (Å²) in [6.07, 6.45) is 2.08. The molecule has 4 rings (SSSR count). The molecular weight excluding hydrogens is 314 g/mol. The monoisotopic (exact) mass is 329 g/mol. The van der Waals surface area contributed by atoms with Crippen molar-refractivity contribution < 1.29 is 14.3 Å². The Kier molecular flexibility index (Phi) is 3.39. The first-order chi connectivity index (χ1) is 11.1. The third-order valence-corrected chi connectivity index (χ3v) is 5.09. The van der Waals surface area contributed by atoms with Crippen LogP contribution in [0.5, 0.6) is 0 Å². The van der Waals surface area contributed by atoms with E-state index in [4.69, 9.17) is 4.42 Å². The first-order valence-corrected chi connectivity index (χ1v) is 8.45. The molecule has 0 spiro atoms. The van der Waals surface area contributed by atoms with E-state index in [0.29, 0.717) is 29.4 Å². The number of aromatic amines is 1. The number of hydrogen-bond acceptors (Lipinski definition) is 5. The van der Waals surface area contributed by atoms with Crippen molar-refractivity contribution in [3.8, 4) is 11.6 Å². The topological polar surface area (TPSA) is 91.2 Å². The summed E-state index contributed by atoms with van der Waals surface area (Å²) < 4.78 is 5.33. The van der Waals surface area contributed by atoms with Crippen molar-refractivity contribution in [1.82, 2.24) is 9.97 Å². The van der Waals surface area contributed by atoms with Crippen LogP contribution >= 0.6 is 11.8 Å². The third kappa shape index (κ3) is 2.62. The number of fused-ring (bicyclic) bond motifs is 1. The molecule has 1 saturated heterocycles. The minimum atomic E-state index is -1.27. The maximum atomic E-state index is 12.2. The highest BCUT2D eigenvalue weighted by Crippen LogP contribution is 2.29. The van der Waals surface area contributed by atoms with Gasteiger partial charge in [0.1, 0.15) is 0 Å². The maximum absolute atomic E-state index is 12.2. The number of carbonyl (C=O) groups is 1. The largest absolute Gasteiger partial charge is 0.461 e. The van der Waals surface area contributed by atoms with Gasteiger partial charge in [-0.1, -0.05) is 0 Å². The molecule has 118 valence electrons. The van der Waals surface area contributed by atoms with Crippen LogP contribution in [0.1, 0.15) is 6.42 Å². The lowest BCUT2D eigenvalue weighted by Gasteiger charge is -2.20. The fraction of sp³-hybridized carbons (Fsp3) is 0.250. The molecule has 1 atom stereocenters. The van der Waals surface area contributed by atoms with Crippen LogP contribution in [0, 0.1) is 0 Å². The van der Waals surface area contributed by atoms with E-state index in [1.165, 1.54) is 0 Å². The van der Waals surface area contributed by atoms with E-state index in [-0.39, 0.29) is 5.91 Å². The predicted octanol–water partition coefficient (Wildman–Crippen LogP) is 2.63. The predicted molar refractivity (Wildman–Crippen MR) is 89.3 cm³/mol. The molecule has 23 heavy (non-hydrogen) atoms. The molecule has 3 N–H and O–H groups in total. The lowest BCUT2D eigenvalue weighted by molar-refractivity contribution is -0.131. The molecule has 2 aromatic heterocycles. The highest BCUT2D eigenvalue weighted by Gasteiger charge is 2.39. The number of benzene rings is 1. The molecule has 1 amide bonds. The second-order valence-electron chi connectivity index (χ2n) is 5.58. The van der Waals surface area contributed by atoms with Gasteiger partial charge in [-0.15, -0.1) is 0 Å². The number of nitrogens with one attached hydrogen (secondary N) is 2. The normalized spacial score (nSPS) is 20.9. The molecule has 0 radical (unpaired) electrons. The fourth-order valence-electron chi connectivity index (χ4n) is 2.60. The molecule has 7 heteroatoms. The van der Waals surface area contributed by atoms with E-state index >= 15 is 0 Å². The summed E-state index contributed by atoms with van der Waals surface area (Å²) in [6.45, 7) is 0. The van der Waals surface area contributed by atoms with E-state index < -0.39 is 5.60 Å². The summed E-state index contributed by atoms with van der Waals surface area (Å²) in [6, 6.07) is 9.03. The number of furan rings is 1. The average molecular weight is 329 g/mol. The molecule has 0 aliphatic carbocycles. The summed E-state index contributed by atoms with van der Waals surface area (Å²) >= 11 is 1.59. The molecule has 3 aromatic rings. The molecule has 1 aliphatic heterocycles. The highest BCUT2D eigenvalue weighted by molar-refractivity contribution is 7.99. The van der Waals surface area contributed by atoms with E-state index in [1.807, 2.05) is 12.1 Å². The van der Waals surface area contributed by atoms with Crippen LogP contribution < -0.4 is 5.32 Å². The Bertz CT molecular complexity index is 851. The molecule has 0 bridgehead atoms. The minimum Gasteiger partial charge on any atom is -0.461 e. The SMILES string of the molecule is O=C(Nc1ccc2nc(-c3ccco3)[nH]c2c1)C1(O)CCSC1. The summed E-state index contributed by atoms with van der Waals surface area (Å²) in [7, 11) is 0. The average Bonchev–Trinajstić information content (AvgIpc) is 3.27. The van der Waals surface area contributed by atoms with Crippen molar-refractivity contribution in [2.24, 2.45) is 0 Å². The van der Waals surface area contributed by atoms with Gasteiger partial charge >= 0.3 is 0 Å². The first kappa shape index (κ1) is 14.3. The number of imidazole rings is 1. The zero-order valence-corrected chi connectivity index (χ0v) is 13.0. The lowest BCUT2D eigenvalue weighted by Crippen LogP contribution is -2.42. The van der Waals surface area contributed by atoms with E-state index in [1.54, 1.807) is 36.2 Å². The van der Waals surface area contributed by atoms with Gasteiger partial charge in [-0.3, -0.25) is 4.79 Å². The second-order valence-corrected chi connectivity index (χ2v) is 6.69. The minimum absolute atomic E-state index is 0.354. The van der Waals surface area contributed by atoms with Crippen molar-refractivity contribution in [2.75, 3.05) is 16.8 Å². The van der Waals surface area contributed by atoms with Crippen molar-refractivity contribution in [2.45, 2.75) is 12.0 Å². The molecule has 0 saturated carbocycles. The number of aliphatic hydroxyl groups is 1. The van der Waals surface area contributed by atoms with Gasteiger partial charge in [-0.25, -0.2) is 4.98 Å². The van der Waals surface area contributed by atoms with Crippen LogP contribution in [0.2, 0.25) is 0 Å². The zero-order chi connectivity index (χ0) is 15.9. The van der Waals surface area contributed by atoms with Crippen molar-refractivity contribution in [3.05, 3.63) is 36.6 Å². The number of anilines is 1. The Morgan fingerprint density at radius 1 is 1.43 bits per heavy atom. The number of thioether (sulfide) groups is 1. The fourth-order valence-corrected chi connectivity index (χ4v) is 3.84. The van der Waals surface area contributed by atoms with E-state index in [2.05, 4.69) is 15.3 Å². The van der Waals surface area contributed by atoms with Crippen LogP contribution in [-0.2, 0) is 4.79 Å². The highest BCUT2D eigenvalue weighted by atomic mass is 32.2.